The Kier molecular flexibility index (Phi) is 5.48. The van der Waals surface area contributed by atoms with Crippen LogP contribution in [0.1, 0.15) is 6.42 Å². The number of benzene rings is 1. The molecule has 2 aliphatic carbocycles. The standard InChI is InChI=1S/C19H17Cl3N2O5/c20-8-1-3-9(4-2-8)23-12(25)7-29-13(26)6-24-18(27)14-10-5-11(15(14)19(24)28)17(22)16(10)21/h1-4,10-11,14-17H,5-7H2,(H,23,25)/t10-,11-,14-,15+,16-,17+/m1/s1. The van der Waals surface area contributed by atoms with Crippen LogP contribution in [0, 0.1) is 23.7 Å². The molecule has 0 aromatic heterocycles. The highest BCUT2D eigenvalue weighted by atomic mass is 35.5. The highest BCUT2D eigenvalue weighted by Gasteiger charge is 2.66. The molecule has 1 heterocycles. The molecule has 1 N–H and O–H groups in total. The first-order chi connectivity index (χ1) is 13.8. The third-order valence-electron chi connectivity index (χ3n) is 5.86. The zero-order valence-electron chi connectivity index (χ0n) is 15.0. The minimum Gasteiger partial charge on any atom is -0.454 e. The van der Waals surface area contributed by atoms with Crippen LogP contribution in [0.2, 0.25) is 5.02 Å². The van der Waals surface area contributed by atoms with E-state index in [0.717, 1.165) is 4.90 Å². The SMILES string of the molecule is O=C(COC(=O)CN1C(=O)[C@@H]2[C@H]3C[C@@H]([C@H](Cl)[C@@H]3Cl)[C@@H]2C1=O)Nc1ccc(Cl)cc1. The summed E-state index contributed by atoms with van der Waals surface area (Å²) in [6, 6.07) is 6.42. The molecule has 0 unspecified atom stereocenters. The number of carbonyl (C=O) groups excluding carboxylic acids is 4. The minimum absolute atomic E-state index is 0.156. The Balaban J connectivity index is 1.31. The predicted octanol–water partition coefficient (Wildman–Crippen LogP) is 2.29. The largest absolute Gasteiger partial charge is 0.454 e. The lowest BCUT2D eigenvalue weighted by Crippen LogP contribution is -2.38. The maximum atomic E-state index is 12.7. The molecule has 0 spiro atoms. The average Bonchev–Trinajstić information content (AvgIpc) is 3.29. The van der Waals surface area contributed by atoms with E-state index in [1.807, 2.05) is 0 Å². The highest BCUT2D eigenvalue weighted by molar-refractivity contribution is 6.31. The van der Waals surface area contributed by atoms with Crippen LogP contribution in [0.25, 0.3) is 0 Å². The summed E-state index contributed by atoms with van der Waals surface area (Å²) in [5.41, 5.74) is 0.495. The van der Waals surface area contributed by atoms with Crippen LogP contribution in [0.5, 0.6) is 0 Å². The van der Waals surface area contributed by atoms with E-state index in [9.17, 15) is 19.2 Å². The lowest BCUT2D eigenvalue weighted by atomic mass is 9.80. The number of carbonyl (C=O) groups is 4. The summed E-state index contributed by atoms with van der Waals surface area (Å²) in [4.78, 5) is 50.3. The van der Waals surface area contributed by atoms with E-state index >= 15 is 0 Å². The van der Waals surface area contributed by atoms with Crippen molar-refractivity contribution in [3.8, 4) is 0 Å². The van der Waals surface area contributed by atoms with Gasteiger partial charge in [-0.1, -0.05) is 11.6 Å². The Hall–Kier alpha value is -1.83. The number of alkyl halides is 2. The number of amides is 3. The third-order valence-corrected chi connectivity index (χ3v) is 7.43. The number of hydrogen-bond donors (Lipinski definition) is 1. The van der Waals surface area contributed by atoms with Crippen LogP contribution >= 0.6 is 34.8 Å². The van der Waals surface area contributed by atoms with Gasteiger partial charge < -0.3 is 10.1 Å². The van der Waals surface area contributed by atoms with Crippen molar-refractivity contribution in [2.24, 2.45) is 23.7 Å². The molecule has 1 aromatic carbocycles. The minimum atomic E-state index is -0.838. The van der Waals surface area contributed by atoms with Gasteiger partial charge in [0.15, 0.2) is 6.61 Å². The van der Waals surface area contributed by atoms with Crippen LogP contribution < -0.4 is 5.32 Å². The second-order valence-electron chi connectivity index (χ2n) is 7.48. The number of likely N-dealkylation sites (tertiary alicyclic amines) is 1. The van der Waals surface area contributed by atoms with E-state index in [2.05, 4.69) is 5.32 Å². The molecular weight excluding hydrogens is 443 g/mol. The van der Waals surface area contributed by atoms with Gasteiger partial charge in [0.25, 0.3) is 5.91 Å². The van der Waals surface area contributed by atoms with Gasteiger partial charge in [-0.05, 0) is 42.5 Å². The number of nitrogens with one attached hydrogen (secondary N) is 1. The Morgan fingerprint density at radius 2 is 1.59 bits per heavy atom. The molecule has 2 bridgehead atoms. The predicted molar refractivity (Wildman–Crippen MR) is 106 cm³/mol. The summed E-state index contributed by atoms with van der Waals surface area (Å²) in [5, 5.41) is 2.35. The maximum Gasteiger partial charge on any atom is 0.326 e. The first-order valence-electron chi connectivity index (χ1n) is 9.12. The molecule has 154 valence electrons. The van der Waals surface area contributed by atoms with Crippen molar-refractivity contribution in [1.29, 1.82) is 0 Å². The van der Waals surface area contributed by atoms with Crippen LogP contribution in [0.15, 0.2) is 24.3 Å². The molecule has 3 amide bonds. The summed E-state index contributed by atoms with van der Waals surface area (Å²) in [6.45, 7) is -1.07. The number of imide groups is 1. The molecule has 1 saturated heterocycles. The van der Waals surface area contributed by atoms with Gasteiger partial charge in [0.05, 0.1) is 22.6 Å². The molecule has 3 aliphatic rings. The van der Waals surface area contributed by atoms with Gasteiger partial charge in [-0.25, -0.2) is 0 Å². The molecule has 0 radical (unpaired) electrons. The van der Waals surface area contributed by atoms with Gasteiger partial charge in [-0.3, -0.25) is 24.1 Å². The molecule has 6 atom stereocenters. The fourth-order valence-electron chi connectivity index (χ4n) is 4.62. The fourth-order valence-corrected chi connectivity index (χ4v) is 5.64. The van der Waals surface area contributed by atoms with Crippen LogP contribution in [-0.4, -0.2) is 52.5 Å². The Bertz CT molecular complexity index is 845. The van der Waals surface area contributed by atoms with Gasteiger partial charge in [0.1, 0.15) is 6.54 Å². The van der Waals surface area contributed by atoms with Crippen LogP contribution in [0.4, 0.5) is 5.69 Å². The van der Waals surface area contributed by atoms with E-state index in [1.165, 1.54) is 0 Å². The molecule has 1 aliphatic heterocycles. The van der Waals surface area contributed by atoms with Crippen LogP contribution in [-0.2, 0) is 23.9 Å². The second-order valence-corrected chi connectivity index (χ2v) is 8.93. The topological polar surface area (TPSA) is 92.8 Å². The van der Waals surface area contributed by atoms with Crippen molar-refractivity contribution in [2.75, 3.05) is 18.5 Å². The molecule has 3 fully saturated rings. The fraction of sp³-hybridized carbons (Fsp3) is 0.474. The number of halogens is 3. The van der Waals surface area contributed by atoms with Gasteiger partial charge >= 0.3 is 5.97 Å². The number of anilines is 1. The summed E-state index contributed by atoms with van der Waals surface area (Å²) in [5.74, 6) is -3.57. The van der Waals surface area contributed by atoms with Gasteiger partial charge in [0.2, 0.25) is 11.8 Å². The molecule has 2 saturated carbocycles. The van der Waals surface area contributed by atoms with Crippen molar-refractivity contribution < 1.29 is 23.9 Å². The number of hydrogen-bond acceptors (Lipinski definition) is 5. The number of esters is 1. The molecule has 10 heteroatoms. The van der Waals surface area contributed by atoms with Crippen molar-refractivity contribution in [3.63, 3.8) is 0 Å². The van der Waals surface area contributed by atoms with Crippen molar-refractivity contribution in [2.45, 2.75) is 17.2 Å². The lowest BCUT2D eigenvalue weighted by Gasteiger charge is -2.28. The van der Waals surface area contributed by atoms with Gasteiger partial charge in [-0.2, -0.15) is 0 Å². The van der Waals surface area contributed by atoms with E-state index < -0.39 is 48.7 Å². The summed E-state index contributed by atoms with van der Waals surface area (Å²) in [7, 11) is 0. The number of ether oxygens (including phenoxy) is 1. The maximum absolute atomic E-state index is 12.7. The highest BCUT2D eigenvalue weighted by Crippen LogP contribution is 2.59. The molecule has 29 heavy (non-hydrogen) atoms. The molecular formula is C19H17Cl3N2O5. The van der Waals surface area contributed by atoms with Crippen molar-refractivity contribution in [1.82, 2.24) is 4.90 Å². The Morgan fingerprint density at radius 3 is 2.14 bits per heavy atom. The first kappa shape index (κ1) is 20.4. The normalized spacial score (nSPS) is 32.4. The number of fused-ring (bicyclic) bond motifs is 5. The third kappa shape index (κ3) is 3.60. The average molecular weight is 460 g/mol. The van der Waals surface area contributed by atoms with Crippen LogP contribution in [0.3, 0.4) is 0 Å². The monoisotopic (exact) mass is 458 g/mol. The summed E-state index contributed by atoms with van der Waals surface area (Å²) < 4.78 is 4.92. The smallest absolute Gasteiger partial charge is 0.326 e. The van der Waals surface area contributed by atoms with E-state index in [0.29, 0.717) is 17.1 Å². The van der Waals surface area contributed by atoms with Gasteiger partial charge in [-0.15, -0.1) is 23.2 Å². The van der Waals surface area contributed by atoms with E-state index in [4.69, 9.17) is 39.5 Å². The molecule has 7 nitrogen and oxygen atoms in total. The molecule has 4 rings (SSSR count). The van der Waals surface area contributed by atoms with Crippen molar-refractivity contribution >= 4 is 64.2 Å². The summed E-state index contributed by atoms with van der Waals surface area (Å²) in [6.07, 6.45) is 0.651. The second kappa shape index (κ2) is 7.78. The lowest BCUT2D eigenvalue weighted by molar-refractivity contribution is -0.154. The Labute approximate surface area is 181 Å². The zero-order chi connectivity index (χ0) is 20.9. The number of rotatable bonds is 5. The molecule has 1 aromatic rings. The zero-order valence-corrected chi connectivity index (χ0v) is 17.3. The van der Waals surface area contributed by atoms with Crippen molar-refractivity contribution in [3.05, 3.63) is 29.3 Å². The van der Waals surface area contributed by atoms with Gasteiger partial charge in [0, 0.05) is 10.7 Å². The quantitative estimate of drug-likeness (QED) is 0.414. The number of nitrogens with zero attached hydrogens (tertiary/aromatic N) is 1. The first-order valence-corrected chi connectivity index (χ1v) is 10.4. The van der Waals surface area contributed by atoms with E-state index in [-0.39, 0.29) is 22.6 Å². The summed E-state index contributed by atoms with van der Waals surface area (Å²) >= 11 is 18.4. The van der Waals surface area contributed by atoms with E-state index in [1.54, 1.807) is 24.3 Å². The Morgan fingerprint density at radius 1 is 1.03 bits per heavy atom.